The molecule has 126 valence electrons. The van der Waals surface area contributed by atoms with Gasteiger partial charge in [0.1, 0.15) is 5.75 Å². The molecule has 1 aliphatic rings. The van der Waals surface area contributed by atoms with Gasteiger partial charge in [-0.25, -0.2) is 4.99 Å². The summed E-state index contributed by atoms with van der Waals surface area (Å²) in [6.07, 6.45) is 5.16. The Kier molecular flexibility index (Phi) is 5.36. The van der Waals surface area contributed by atoms with Gasteiger partial charge in [-0.3, -0.25) is 0 Å². The van der Waals surface area contributed by atoms with Crippen LogP contribution in [0.2, 0.25) is 0 Å². The van der Waals surface area contributed by atoms with E-state index in [1.54, 1.807) is 0 Å². The third-order valence-electron chi connectivity index (χ3n) is 4.28. The molecule has 0 aromatic heterocycles. The number of nitrogens with two attached hydrogens (primary N) is 1. The molecule has 24 heavy (non-hydrogen) atoms. The van der Waals surface area contributed by atoms with E-state index in [0.717, 1.165) is 29.8 Å². The largest absolute Gasteiger partial charge is 0.490 e. The Hall–Kier alpha value is -2.49. The highest BCUT2D eigenvalue weighted by Crippen LogP contribution is 2.28. The van der Waals surface area contributed by atoms with E-state index >= 15 is 0 Å². The number of benzene rings is 2. The highest BCUT2D eigenvalue weighted by Gasteiger charge is 2.18. The summed E-state index contributed by atoms with van der Waals surface area (Å²) >= 11 is 0. The standard InChI is InChI=1S/C20H25N3O/c1-15-11-12-16(19(13-15)24-18-9-5-6-10-18)14-22-20(21)23-17-7-3-2-4-8-17/h2-4,7-8,11-13,18H,5-6,9-10,14H2,1H3,(H3,21,22,23). The number of para-hydroxylation sites is 1. The Morgan fingerprint density at radius 3 is 2.67 bits per heavy atom. The van der Waals surface area contributed by atoms with Crippen LogP contribution in [0.1, 0.15) is 36.8 Å². The highest BCUT2D eigenvalue weighted by molar-refractivity contribution is 5.92. The van der Waals surface area contributed by atoms with Gasteiger partial charge in [0.2, 0.25) is 0 Å². The second kappa shape index (κ2) is 7.86. The van der Waals surface area contributed by atoms with Crippen molar-refractivity contribution in [3.8, 4) is 5.75 Å². The predicted octanol–water partition coefficient (Wildman–Crippen LogP) is 4.24. The van der Waals surface area contributed by atoms with Crippen molar-refractivity contribution in [3.05, 3.63) is 59.7 Å². The molecule has 0 heterocycles. The van der Waals surface area contributed by atoms with E-state index in [4.69, 9.17) is 10.5 Å². The topological polar surface area (TPSA) is 59.6 Å². The molecule has 2 aromatic carbocycles. The summed E-state index contributed by atoms with van der Waals surface area (Å²) in [7, 11) is 0. The number of hydrogen-bond acceptors (Lipinski definition) is 2. The molecule has 0 bridgehead atoms. The Labute approximate surface area is 143 Å². The van der Waals surface area contributed by atoms with Gasteiger partial charge in [0.15, 0.2) is 5.96 Å². The summed E-state index contributed by atoms with van der Waals surface area (Å²) in [6, 6.07) is 16.1. The van der Waals surface area contributed by atoms with E-state index in [-0.39, 0.29) is 0 Å². The molecule has 0 atom stereocenters. The molecular weight excluding hydrogens is 298 g/mol. The minimum Gasteiger partial charge on any atom is -0.490 e. The zero-order chi connectivity index (χ0) is 16.8. The van der Waals surface area contributed by atoms with Crippen molar-refractivity contribution in [2.24, 2.45) is 10.7 Å². The molecule has 1 saturated carbocycles. The van der Waals surface area contributed by atoms with Gasteiger partial charge in [-0.2, -0.15) is 0 Å². The smallest absolute Gasteiger partial charge is 0.193 e. The summed E-state index contributed by atoms with van der Waals surface area (Å²) in [4.78, 5) is 4.46. The molecule has 1 fully saturated rings. The number of rotatable bonds is 5. The van der Waals surface area contributed by atoms with Gasteiger partial charge < -0.3 is 15.8 Å². The number of anilines is 1. The predicted molar refractivity (Wildman–Crippen MR) is 99.5 cm³/mol. The molecule has 2 aromatic rings. The third kappa shape index (κ3) is 4.51. The molecule has 1 aliphatic carbocycles. The summed E-state index contributed by atoms with van der Waals surface area (Å²) in [5, 5.41) is 3.10. The van der Waals surface area contributed by atoms with Crippen molar-refractivity contribution in [1.82, 2.24) is 0 Å². The first-order chi connectivity index (χ1) is 11.7. The number of nitrogens with zero attached hydrogens (tertiary/aromatic N) is 1. The van der Waals surface area contributed by atoms with E-state index in [1.807, 2.05) is 30.3 Å². The maximum absolute atomic E-state index is 6.21. The molecule has 4 heteroatoms. The Morgan fingerprint density at radius 2 is 1.92 bits per heavy atom. The van der Waals surface area contributed by atoms with Crippen LogP contribution in [-0.4, -0.2) is 12.1 Å². The van der Waals surface area contributed by atoms with Crippen molar-refractivity contribution >= 4 is 11.6 Å². The maximum Gasteiger partial charge on any atom is 0.193 e. The maximum atomic E-state index is 6.21. The molecule has 3 rings (SSSR count). The normalized spacial score (nSPS) is 15.5. The van der Waals surface area contributed by atoms with Crippen LogP contribution in [0.25, 0.3) is 0 Å². The summed E-state index contributed by atoms with van der Waals surface area (Å²) in [5.74, 6) is 1.35. The van der Waals surface area contributed by atoms with E-state index < -0.39 is 0 Å². The Balaban J connectivity index is 1.68. The monoisotopic (exact) mass is 323 g/mol. The van der Waals surface area contributed by atoms with Gasteiger partial charge in [0.05, 0.1) is 12.6 Å². The fraction of sp³-hybridized carbons (Fsp3) is 0.350. The lowest BCUT2D eigenvalue weighted by Crippen LogP contribution is -2.22. The number of aliphatic imine (C=N–C) groups is 1. The first-order valence-corrected chi connectivity index (χ1v) is 8.59. The number of guanidine groups is 1. The lowest BCUT2D eigenvalue weighted by Gasteiger charge is -2.16. The zero-order valence-electron chi connectivity index (χ0n) is 14.2. The number of ether oxygens (including phenoxy) is 1. The van der Waals surface area contributed by atoms with Gasteiger partial charge in [-0.1, -0.05) is 30.3 Å². The van der Waals surface area contributed by atoms with Gasteiger partial charge in [0, 0.05) is 11.3 Å². The van der Waals surface area contributed by atoms with E-state index in [0.29, 0.717) is 18.6 Å². The van der Waals surface area contributed by atoms with E-state index in [9.17, 15) is 0 Å². The average molecular weight is 323 g/mol. The van der Waals surface area contributed by atoms with E-state index in [1.165, 1.54) is 18.4 Å². The van der Waals surface area contributed by atoms with Gasteiger partial charge in [-0.05, 0) is 56.4 Å². The summed E-state index contributed by atoms with van der Waals surface area (Å²) in [6.45, 7) is 2.59. The number of aryl methyl sites for hydroxylation is 1. The first-order valence-electron chi connectivity index (χ1n) is 8.59. The SMILES string of the molecule is Cc1ccc(CN=C(N)Nc2ccccc2)c(OC2CCCC2)c1. The van der Waals surface area contributed by atoms with Crippen LogP contribution in [0, 0.1) is 6.92 Å². The molecule has 0 spiro atoms. The lowest BCUT2D eigenvalue weighted by atomic mass is 10.1. The van der Waals surface area contributed by atoms with Gasteiger partial charge in [0.25, 0.3) is 0 Å². The van der Waals surface area contributed by atoms with Crippen LogP contribution in [-0.2, 0) is 6.54 Å². The molecule has 0 radical (unpaired) electrons. The number of nitrogens with one attached hydrogen (secondary N) is 1. The minimum absolute atomic E-state index is 0.342. The van der Waals surface area contributed by atoms with Crippen LogP contribution in [0.5, 0.6) is 5.75 Å². The van der Waals surface area contributed by atoms with Crippen LogP contribution < -0.4 is 15.8 Å². The second-order valence-electron chi connectivity index (χ2n) is 6.33. The fourth-order valence-corrected chi connectivity index (χ4v) is 2.97. The quantitative estimate of drug-likeness (QED) is 0.639. The molecule has 0 saturated heterocycles. The molecule has 0 amide bonds. The lowest BCUT2D eigenvalue weighted by molar-refractivity contribution is 0.208. The number of hydrogen-bond donors (Lipinski definition) is 2. The van der Waals surface area contributed by atoms with Crippen molar-refractivity contribution in [2.45, 2.75) is 45.3 Å². The third-order valence-corrected chi connectivity index (χ3v) is 4.28. The molecule has 0 unspecified atom stereocenters. The Bertz CT molecular complexity index is 691. The van der Waals surface area contributed by atoms with Crippen molar-refractivity contribution < 1.29 is 4.74 Å². The van der Waals surface area contributed by atoms with E-state index in [2.05, 4.69) is 35.4 Å². The first kappa shape index (κ1) is 16.4. The average Bonchev–Trinajstić information content (AvgIpc) is 3.08. The van der Waals surface area contributed by atoms with Crippen molar-refractivity contribution in [2.75, 3.05) is 5.32 Å². The van der Waals surface area contributed by atoms with Gasteiger partial charge >= 0.3 is 0 Å². The van der Waals surface area contributed by atoms with Crippen molar-refractivity contribution in [3.63, 3.8) is 0 Å². The molecular formula is C20H25N3O. The van der Waals surface area contributed by atoms with Crippen molar-refractivity contribution in [1.29, 1.82) is 0 Å². The molecule has 0 aliphatic heterocycles. The van der Waals surface area contributed by atoms with Crippen LogP contribution in [0.15, 0.2) is 53.5 Å². The molecule has 3 N–H and O–H groups in total. The Morgan fingerprint density at radius 1 is 1.17 bits per heavy atom. The second-order valence-corrected chi connectivity index (χ2v) is 6.33. The fourth-order valence-electron chi connectivity index (χ4n) is 2.97. The van der Waals surface area contributed by atoms with Gasteiger partial charge in [-0.15, -0.1) is 0 Å². The highest BCUT2D eigenvalue weighted by atomic mass is 16.5. The zero-order valence-corrected chi connectivity index (χ0v) is 14.2. The summed E-state index contributed by atoms with van der Waals surface area (Å²) in [5.41, 5.74) is 9.20. The van der Waals surface area contributed by atoms with Crippen LogP contribution >= 0.6 is 0 Å². The molecule has 4 nitrogen and oxygen atoms in total. The summed E-state index contributed by atoms with van der Waals surface area (Å²) < 4.78 is 6.21. The van der Waals surface area contributed by atoms with Crippen LogP contribution in [0.4, 0.5) is 5.69 Å². The van der Waals surface area contributed by atoms with Crippen LogP contribution in [0.3, 0.4) is 0 Å². The minimum atomic E-state index is 0.342.